The minimum absolute atomic E-state index is 0.102. The van der Waals surface area contributed by atoms with Crippen molar-refractivity contribution >= 4 is 23.5 Å². The molecule has 2 aromatic rings. The minimum atomic E-state index is -1.04. The third kappa shape index (κ3) is 5.22. The second-order valence-electron chi connectivity index (χ2n) is 8.34. The predicted molar refractivity (Wildman–Crippen MR) is 124 cm³/mol. The van der Waals surface area contributed by atoms with E-state index in [2.05, 4.69) is 0 Å². The molecule has 32 heavy (non-hydrogen) atoms. The Morgan fingerprint density at radius 2 is 2.06 bits per heavy atom. The largest absolute Gasteiger partial charge is 0.489 e. The Balaban J connectivity index is 1.41. The Morgan fingerprint density at radius 1 is 1.25 bits per heavy atom. The van der Waals surface area contributed by atoms with E-state index in [1.54, 1.807) is 12.1 Å². The average Bonchev–Trinajstić information content (AvgIpc) is 3.54. The molecule has 2 aromatic carbocycles. The lowest BCUT2D eigenvalue weighted by atomic mass is 10.1. The Labute approximate surface area is 193 Å². The number of ether oxygens (including phenoxy) is 1. The Morgan fingerprint density at radius 3 is 2.78 bits per heavy atom. The lowest BCUT2D eigenvalue weighted by molar-refractivity contribution is 0.0696. The molecule has 2 aliphatic rings. The van der Waals surface area contributed by atoms with Gasteiger partial charge in [-0.15, -0.1) is 0 Å². The predicted octanol–water partition coefficient (Wildman–Crippen LogP) is 5.53. The third-order valence-electron chi connectivity index (χ3n) is 5.78. The lowest BCUT2D eigenvalue weighted by Gasteiger charge is -2.14. The Hall–Kier alpha value is -3.05. The Bertz CT molecular complexity index is 1100. The first-order valence-electron chi connectivity index (χ1n) is 10.8. The van der Waals surface area contributed by atoms with Crippen LogP contribution < -0.4 is 4.74 Å². The van der Waals surface area contributed by atoms with Crippen LogP contribution in [0.1, 0.15) is 51.6 Å². The fraction of sp³-hybridized carbons (Fsp3) is 0.308. The molecule has 0 bridgehead atoms. The summed E-state index contributed by atoms with van der Waals surface area (Å²) in [5.74, 6) is 0.491. The van der Waals surface area contributed by atoms with Gasteiger partial charge in [-0.3, -0.25) is 4.79 Å². The van der Waals surface area contributed by atoms with Gasteiger partial charge >= 0.3 is 5.97 Å². The van der Waals surface area contributed by atoms with Crippen molar-refractivity contribution in [1.29, 1.82) is 0 Å². The molecule has 5 nitrogen and oxygen atoms in total. The molecule has 1 saturated carbocycles. The number of carboxylic acid groups (broad SMARTS) is 1. The Kier molecular flexibility index (Phi) is 6.66. The van der Waals surface area contributed by atoms with Crippen molar-refractivity contribution in [1.82, 2.24) is 4.90 Å². The molecule has 4 rings (SSSR count). The van der Waals surface area contributed by atoms with Crippen LogP contribution in [0.15, 0.2) is 60.2 Å². The van der Waals surface area contributed by atoms with Crippen molar-refractivity contribution in [2.24, 2.45) is 5.92 Å². The maximum Gasteiger partial charge on any atom is 0.337 e. The monoisotopic (exact) mass is 451 g/mol. The summed E-state index contributed by atoms with van der Waals surface area (Å²) >= 11 is 5.96. The van der Waals surface area contributed by atoms with Crippen molar-refractivity contribution in [3.8, 4) is 5.75 Å². The molecule has 1 heterocycles. The number of allylic oxidation sites excluding steroid dienone is 2. The summed E-state index contributed by atoms with van der Waals surface area (Å²) in [7, 11) is 0. The van der Waals surface area contributed by atoms with Gasteiger partial charge in [-0.05, 0) is 79.1 Å². The van der Waals surface area contributed by atoms with Gasteiger partial charge in [-0.1, -0.05) is 35.9 Å². The zero-order valence-electron chi connectivity index (χ0n) is 18.0. The van der Waals surface area contributed by atoms with Crippen LogP contribution in [0, 0.1) is 5.92 Å². The van der Waals surface area contributed by atoms with E-state index in [1.807, 2.05) is 54.3 Å². The molecule has 1 N–H and O–H groups in total. The fourth-order valence-electron chi connectivity index (χ4n) is 3.87. The smallest absolute Gasteiger partial charge is 0.337 e. The number of benzene rings is 2. The number of halogens is 1. The van der Waals surface area contributed by atoms with Crippen LogP contribution in [0.4, 0.5) is 0 Å². The number of hydrogen-bond acceptors (Lipinski definition) is 3. The van der Waals surface area contributed by atoms with E-state index < -0.39 is 5.97 Å². The van der Waals surface area contributed by atoms with Crippen LogP contribution in [-0.2, 0) is 13.0 Å². The third-order valence-corrected chi connectivity index (χ3v) is 6.11. The first-order chi connectivity index (χ1) is 15.4. The van der Waals surface area contributed by atoms with Crippen LogP contribution in [0.5, 0.6) is 5.75 Å². The number of hydrogen-bond donors (Lipinski definition) is 1. The quantitative estimate of drug-likeness (QED) is 0.509. The van der Waals surface area contributed by atoms with Crippen molar-refractivity contribution in [2.45, 2.75) is 32.7 Å². The van der Waals surface area contributed by atoms with Gasteiger partial charge in [0.1, 0.15) is 12.4 Å². The number of carboxylic acids is 1. The van der Waals surface area contributed by atoms with Crippen molar-refractivity contribution in [3.63, 3.8) is 0 Å². The highest BCUT2D eigenvalue weighted by atomic mass is 35.5. The second-order valence-corrected chi connectivity index (χ2v) is 8.75. The van der Waals surface area contributed by atoms with E-state index in [-0.39, 0.29) is 16.5 Å². The zero-order chi connectivity index (χ0) is 22.7. The normalized spacial score (nSPS) is 16.0. The zero-order valence-corrected chi connectivity index (χ0v) is 18.8. The molecular formula is C26H26ClNO4. The molecule has 6 heteroatoms. The van der Waals surface area contributed by atoms with Crippen LogP contribution in [0.25, 0.3) is 0 Å². The summed E-state index contributed by atoms with van der Waals surface area (Å²) in [5.41, 5.74) is 3.74. The molecule has 0 unspecified atom stereocenters. The van der Waals surface area contributed by atoms with Crippen LogP contribution >= 0.6 is 11.6 Å². The van der Waals surface area contributed by atoms with Crippen LogP contribution in [0.3, 0.4) is 0 Å². The van der Waals surface area contributed by atoms with Gasteiger partial charge in [0, 0.05) is 18.7 Å². The maximum absolute atomic E-state index is 12.6. The highest BCUT2D eigenvalue weighted by Crippen LogP contribution is 2.34. The standard InChI is InChI=1S/C26H26ClNO4/c1-2-3-19(7-4-17-8-11-24(27)23(12-17)26(30)31)16-32-21-9-10-22-20(13-21)15-28(25(22)29)14-18-5-6-18/h2-3,7-13,18H,4-6,14-16H2,1H3,(H,30,31). The molecule has 1 fully saturated rings. The summed E-state index contributed by atoms with van der Waals surface area (Å²) in [6.07, 6.45) is 8.95. The van der Waals surface area contributed by atoms with Crippen LogP contribution in [-0.4, -0.2) is 35.0 Å². The van der Waals surface area contributed by atoms with E-state index in [9.17, 15) is 14.7 Å². The molecule has 0 spiro atoms. The van der Waals surface area contributed by atoms with Gasteiger partial charge in [-0.25, -0.2) is 4.79 Å². The number of rotatable bonds is 9. The molecule has 1 amide bonds. The second kappa shape index (κ2) is 9.61. The molecule has 1 aliphatic carbocycles. The molecule has 166 valence electrons. The number of carbonyl (C=O) groups is 2. The van der Waals surface area contributed by atoms with Crippen molar-refractivity contribution in [3.05, 3.63) is 87.5 Å². The van der Waals surface area contributed by atoms with E-state index in [1.165, 1.54) is 12.8 Å². The number of aromatic carboxylic acids is 1. The van der Waals surface area contributed by atoms with Crippen molar-refractivity contribution < 1.29 is 19.4 Å². The molecule has 0 atom stereocenters. The van der Waals surface area contributed by atoms with Gasteiger partial charge < -0.3 is 14.7 Å². The highest BCUT2D eigenvalue weighted by molar-refractivity contribution is 6.33. The maximum atomic E-state index is 12.6. The lowest BCUT2D eigenvalue weighted by Crippen LogP contribution is -2.26. The van der Waals surface area contributed by atoms with E-state index in [0.29, 0.717) is 25.5 Å². The van der Waals surface area contributed by atoms with Gasteiger partial charge in [0.2, 0.25) is 0 Å². The first-order valence-corrected chi connectivity index (χ1v) is 11.2. The molecule has 1 aliphatic heterocycles. The summed E-state index contributed by atoms with van der Waals surface area (Å²) in [6.45, 7) is 3.82. The summed E-state index contributed by atoms with van der Waals surface area (Å²) in [4.78, 5) is 25.8. The van der Waals surface area contributed by atoms with Gasteiger partial charge in [0.25, 0.3) is 5.91 Å². The first kappa shape index (κ1) is 22.2. The molecular weight excluding hydrogens is 426 g/mol. The van der Waals surface area contributed by atoms with E-state index in [4.69, 9.17) is 16.3 Å². The molecule has 0 saturated heterocycles. The van der Waals surface area contributed by atoms with Crippen LogP contribution in [0.2, 0.25) is 5.02 Å². The number of fused-ring (bicyclic) bond motifs is 1. The topological polar surface area (TPSA) is 66.8 Å². The van der Waals surface area contributed by atoms with Crippen molar-refractivity contribution in [2.75, 3.05) is 13.2 Å². The fourth-order valence-corrected chi connectivity index (χ4v) is 4.07. The SMILES string of the molecule is CC=CC(=CCc1ccc(Cl)c(C(=O)O)c1)COc1ccc2c(c1)CN(CC1CC1)C2=O. The number of amides is 1. The minimum Gasteiger partial charge on any atom is -0.489 e. The number of nitrogens with zero attached hydrogens (tertiary/aromatic N) is 1. The summed E-state index contributed by atoms with van der Waals surface area (Å²) in [6, 6.07) is 10.7. The average molecular weight is 452 g/mol. The van der Waals surface area contributed by atoms with E-state index in [0.717, 1.165) is 34.6 Å². The summed E-state index contributed by atoms with van der Waals surface area (Å²) in [5, 5.41) is 9.48. The summed E-state index contributed by atoms with van der Waals surface area (Å²) < 4.78 is 6.01. The molecule has 0 aromatic heterocycles. The molecule has 0 radical (unpaired) electrons. The van der Waals surface area contributed by atoms with Gasteiger partial charge in [0.15, 0.2) is 0 Å². The highest BCUT2D eigenvalue weighted by Gasteiger charge is 2.32. The van der Waals surface area contributed by atoms with Gasteiger partial charge in [-0.2, -0.15) is 0 Å². The van der Waals surface area contributed by atoms with E-state index >= 15 is 0 Å². The van der Waals surface area contributed by atoms with Gasteiger partial charge in [0.05, 0.1) is 10.6 Å². The number of carbonyl (C=O) groups excluding carboxylic acids is 1.